The number of carbonyl (C=O) groups is 2. The van der Waals surface area contributed by atoms with E-state index in [9.17, 15) is 14.7 Å². The molecule has 0 bridgehead atoms. The summed E-state index contributed by atoms with van der Waals surface area (Å²) in [5.74, 6) is -1.24. The van der Waals surface area contributed by atoms with Crippen molar-refractivity contribution in [3.63, 3.8) is 0 Å². The second kappa shape index (κ2) is 6.83. The van der Waals surface area contributed by atoms with Crippen molar-refractivity contribution in [1.29, 1.82) is 0 Å². The van der Waals surface area contributed by atoms with Crippen molar-refractivity contribution < 1.29 is 19.4 Å². The van der Waals surface area contributed by atoms with Crippen LogP contribution in [0.15, 0.2) is 48.5 Å². The number of carbonyl (C=O) groups excluding carboxylic acids is 2. The molecular weight excluding hydrogens is 330 g/mol. The van der Waals surface area contributed by atoms with E-state index in [0.29, 0.717) is 13.0 Å². The van der Waals surface area contributed by atoms with Gasteiger partial charge in [-0.25, -0.2) is 4.79 Å². The number of hydrogen-bond donors (Lipinski definition) is 0. The van der Waals surface area contributed by atoms with E-state index in [1.165, 1.54) is 4.90 Å². The summed E-state index contributed by atoms with van der Waals surface area (Å²) in [5.41, 5.74) is 4.60. The molecule has 1 atom stereocenters. The van der Waals surface area contributed by atoms with E-state index >= 15 is 0 Å². The molecule has 1 aliphatic heterocycles. The van der Waals surface area contributed by atoms with Crippen molar-refractivity contribution in [1.82, 2.24) is 4.90 Å². The van der Waals surface area contributed by atoms with E-state index in [4.69, 9.17) is 4.74 Å². The summed E-state index contributed by atoms with van der Waals surface area (Å²) in [7, 11) is 0. The highest BCUT2D eigenvalue weighted by Gasteiger charge is 2.32. The molecular formula is C21H20NO4-. The highest BCUT2D eigenvalue weighted by atomic mass is 16.6. The molecule has 1 aliphatic carbocycles. The van der Waals surface area contributed by atoms with Gasteiger partial charge in [-0.1, -0.05) is 48.5 Å². The van der Waals surface area contributed by atoms with Gasteiger partial charge in [-0.15, -0.1) is 0 Å². The Bertz CT molecular complexity index is 802. The Morgan fingerprint density at radius 3 is 2.23 bits per heavy atom. The molecule has 2 aromatic rings. The normalized spacial score (nSPS) is 18.9. The van der Waals surface area contributed by atoms with Gasteiger partial charge < -0.3 is 14.6 Å². The Balaban J connectivity index is 1.53. The van der Waals surface area contributed by atoms with Gasteiger partial charge in [0, 0.05) is 12.5 Å². The first-order chi connectivity index (χ1) is 12.7. The molecule has 1 saturated heterocycles. The maximum absolute atomic E-state index is 12.5. The van der Waals surface area contributed by atoms with Crippen molar-refractivity contribution in [2.24, 2.45) is 0 Å². The minimum absolute atomic E-state index is 0.0301. The van der Waals surface area contributed by atoms with Gasteiger partial charge in [0.25, 0.3) is 0 Å². The lowest BCUT2D eigenvalue weighted by molar-refractivity contribution is -0.311. The Morgan fingerprint density at radius 1 is 1.00 bits per heavy atom. The molecule has 0 aromatic heterocycles. The van der Waals surface area contributed by atoms with Crippen molar-refractivity contribution in [3.05, 3.63) is 59.7 Å². The van der Waals surface area contributed by atoms with Gasteiger partial charge in [0.15, 0.2) is 0 Å². The predicted octanol–water partition coefficient (Wildman–Crippen LogP) is 2.54. The maximum atomic E-state index is 12.5. The van der Waals surface area contributed by atoms with Crippen molar-refractivity contribution >= 4 is 12.1 Å². The van der Waals surface area contributed by atoms with Gasteiger partial charge in [-0.05, 0) is 41.5 Å². The molecule has 134 valence electrons. The summed E-state index contributed by atoms with van der Waals surface area (Å²) >= 11 is 0. The highest BCUT2D eigenvalue weighted by Crippen LogP contribution is 2.44. The van der Waals surface area contributed by atoms with Crippen LogP contribution in [0.5, 0.6) is 0 Å². The summed E-state index contributed by atoms with van der Waals surface area (Å²) in [4.78, 5) is 25.1. The van der Waals surface area contributed by atoms with Crippen LogP contribution in [0.4, 0.5) is 4.79 Å². The minimum Gasteiger partial charge on any atom is -0.548 e. The number of benzene rings is 2. The van der Waals surface area contributed by atoms with Crippen LogP contribution in [-0.2, 0) is 9.53 Å². The topological polar surface area (TPSA) is 69.7 Å². The van der Waals surface area contributed by atoms with E-state index in [1.54, 1.807) is 0 Å². The highest BCUT2D eigenvalue weighted by molar-refractivity contribution is 5.80. The van der Waals surface area contributed by atoms with Crippen molar-refractivity contribution in [3.8, 4) is 11.1 Å². The largest absolute Gasteiger partial charge is 0.548 e. The monoisotopic (exact) mass is 350 g/mol. The number of rotatable bonds is 3. The van der Waals surface area contributed by atoms with Crippen LogP contribution >= 0.6 is 0 Å². The maximum Gasteiger partial charge on any atom is 0.410 e. The zero-order valence-electron chi connectivity index (χ0n) is 14.4. The molecule has 2 aromatic carbocycles. The van der Waals surface area contributed by atoms with Crippen molar-refractivity contribution in [2.75, 3.05) is 13.2 Å². The number of hydrogen-bond acceptors (Lipinski definition) is 4. The standard InChI is InChI=1S/C21H21NO4/c23-20(24)19-11-5-6-12-22(19)21(25)26-13-18-16-9-3-1-7-14(16)15-8-2-4-10-17(15)18/h1-4,7-10,18-19H,5-6,11-13H2,(H,23,24)/p-1/t19-/m1/s1. The number of ether oxygens (including phenoxy) is 1. The number of nitrogens with zero attached hydrogens (tertiary/aromatic N) is 1. The lowest BCUT2D eigenvalue weighted by Gasteiger charge is -2.35. The van der Waals surface area contributed by atoms with Gasteiger partial charge in [0.1, 0.15) is 6.61 Å². The summed E-state index contributed by atoms with van der Waals surface area (Å²) in [6, 6.07) is 15.3. The first-order valence-electron chi connectivity index (χ1n) is 8.99. The molecule has 0 N–H and O–H groups in total. The fourth-order valence-electron chi connectivity index (χ4n) is 4.07. The molecule has 5 nitrogen and oxygen atoms in total. The molecule has 2 aliphatic rings. The number of amides is 1. The molecule has 5 heteroatoms. The molecule has 1 amide bonds. The average Bonchev–Trinajstić information content (AvgIpc) is 3.00. The summed E-state index contributed by atoms with van der Waals surface area (Å²) in [5, 5.41) is 11.3. The Hall–Kier alpha value is -2.82. The number of piperidine rings is 1. The predicted molar refractivity (Wildman–Crippen MR) is 94.4 cm³/mol. The molecule has 0 unspecified atom stereocenters. The van der Waals surface area contributed by atoms with E-state index in [2.05, 4.69) is 24.3 Å². The van der Waals surface area contributed by atoms with Crippen LogP contribution in [0.25, 0.3) is 11.1 Å². The van der Waals surface area contributed by atoms with Gasteiger partial charge in [0.05, 0.1) is 12.0 Å². The molecule has 1 fully saturated rings. The van der Waals surface area contributed by atoms with E-state index in [1.807, 2.05) is 24.3 Å². The van der Waals surface area contributed by atoms with Crippen LogP contribution in [0.2, 0.25) is 0 Å². The number of carboxylic acid groups (broad SMARTS) is 1. The number of aliphatic carboxylic acids is 1. The second-order valence-corrected chi connectivity index (χ2v) is 6.83. The van der Waals surface area contributed by atoms with Crippen LogP contribution in [-0.4, -0.2) is 36.2 Å². The fraction of sp³-hybridized carbons (Fsp3) is 0.333. The zero-order valence-corrected chi connectivity index (χ0v) is 14.4. The zero-order chi connectivity index (χ0) is 18.1. The summed E-state index contributed by atoms with van der Waals surface area (Å²) < 4.78 is 5.56. The van der Waals surface area contributed by atoms with Gasteiger partial charge >= 0.3 is 6.09 Å². The molecule has 26 heavy (non-hydrogen) atoms. The fourth-order valence-corrected chi connectivity index (χ4v) is 4.07. The Kier molecular flexibility index (Phi) is 4.37. The number of likely N-dealkylation sites (tertiary alicyclic amines) is 1. The van der Waals surface area contributed by atoms with Crippen molar-refractivity contribution in [2.45, 2.75) is 31.2 Å². The van der Waals surface area contributed by atoms with Gasteiger partial charge in [-0.2, -0.15) is 0 Å². The first-order valence-corrected chi connectivity index (χ1v) is 8.99. The lowest BCUT2D eigenvalue weighted by atomic mass is 9.98. The molecule has 0 saturated carbocycles. The van der Waals surface area contributed by atoms with E-state index in [0.717, 1.165) is 35.1 Å². The van der Waals surface area contributed by atoms with Crippen LogP contribution in [0, 0.1) is 0 Å². The third-order valence-electron chi connectivity index (χ3n) is 5.35. The number of carboxylic acids is 1. The summed E-state index contributed by atoms with van der Waals surface area (Å²) in [6.45, 7) is 0.596. The van der Waals surface area contributed by atoms with E-state index in [-0.39, 0.29) is 12.5 Å². The molecule has 4 rings (SSSR count). The molecule has 0 radical (unpaired) electrons. The third-order valence-corrected chi connectivity index (χ3v) is 5.35. The van der Waals surface area contributed by atoms with Gasteiger partial charge in [-0.3, -0.25) is 4.90 Å². The Labute approximate surface area is 152 Å². The van der Waals surface area contributed by atoms with Crippen LogP contribution < -0.4 is 5.11 Å². The van der Waals surface area contributed by atoms with Gasteiger partial charge in [0.2, 0.25) is 0 Å². The third kappa shape index (κ3) is 2.83. The quantitative estimate of drug-likeness (QED) is 0.853. The first kappa shape index (κ1) is 16.6. The Morgan fingerprint density at radius 2 is 1.62 bits per heavy atom. The smallest absolute Gasteiger partial charge is 0.410 e. The second-order valence-electron chi connectivity index (χ2n) is 6.83. The summed E-state index contributed by atoms with van der Waals surface area (Å²) in [6.07, 6.45) is 1.42. The van der Waals surface area contributed by atoms with E-state index < -0.39 is 18.1 Å². The van der Waals surface area contributed by atoms with Crippen LogP contribution in [0.3, 0.4) is 0 Å². The van der Waals surface area contributed by atoms with Crippen LogP contribution in [0.1, 0.15) is 36.3 Å². The minimum atomic E-state index is -1.21. The molecule has 0 spiro atoms. The SMILES string of the molecule is O=C([O-])[C@H]1CCCCN1C(=O)OCC1c2ccccc2-c2ccccc21. The average molecular weight is 350 g/mol. The lowest BCUT2D eigenvalue weighted by Crippen LogP contribution is -2.53. The molecule has 1 heterocycles. The number of fused-ring (bicyclic) bond motifs is 3.